The molecule has 2 aromatic carbocycles. The summed E-state index contributed by atoms with van der Waals surface area (Å²) >= 11 is 6.16. The number of piperazine rings is 1. The Balaban J connectivity index is 1.17. The minimum atomic E-state index is -0.162. The Morgan fingerprint density at radius 1 is 0.969 bits per heavy atom. The summed E-state index contributed by atoms with van der Waals surface area (Å²) in [5.41, 5.74) is 3.03. The smallest absolute Gasteiger partial charge is 0.325 e. The third-order valence-electron chi connectivity index (χ3n) is 6.23. The number of carbonyl (C=O) groups is 2. The largest absolute Gasteiger partial charge is 0.454 e. The molecular formula is C23H25ClN4O4. The molecule has 0 radical (unpaired) electrons. The van der Waals surface area contributed by atoms with E-state index in [9.17, 15) is 9.59 Å². The third kappa shape index (κ3) is 3.90. The van der Waals surface area contributed by atoms with Gasteiger partial charge in [-0.15, -0.1) is 0 Å². The minimum Gasteiger partial charge on any atom is -0.454 e. The van der Waals surface area contributed by atoms with Crippen LogP contribution in [-0.4, -0.2) is 74.3 Å². The monoisotopic (exact) mass is 456 g/mol. The van der Waals surface area contributed by atoms with Crippen LogP contribution in [0.4, 0.5) is 16.2 Å². The van der Waals surface area contributed by atoms with E-state index in [0.29, 0.717) is 42.7 Å². The van der Waals surface area contributed by atoms with Gasteiger partial charge in [0.2, 0.25) is 12.7 Å². The molecule has 0 aromatic heterocycles. The van der Waals surface area contributed by atoms with E-state index in [4.69, 9.17) is 21.1 Å². The second kappa shape index (κ2) is 8.43. The van der Waals surface area contributed by atoms with Gasteiger partial charge in [0.15, 0.2) is 11.5 Å². The van der Waals surface area contributed by atoms with E-state index in [1.165, 1.54) is 5.56 Å². The molecule has 0 unspecified atom stereocenters. The maximum Gasteiger partial charge on any atom is 0.325 e. The van der Waals surface area contributed by atoms with Gasteiger partial charge >= 0.3 is 6.03 Å². The summed E-state index contributed by atoms with van der Waals surface area (Å²) in [6.45, 7) is 6.13. The lowest BCUT2D eigenvalue weighted by molar-refractivity contribution is -0.131. The second-order valence-corrected chi connectivity index (χ2v) is 8.63. The van der Waals surface area contributed by atoms with Gasteiger partial charge in [0, 0.05) is 61.7 Å². The number of halogens is 1. The maximum atomic E-state index is 12.9. The average Bonchev–Trinajstić information content (AvgIpc) is 3.41. The number of hydrogen-bond donors (Lipinski definition) is 0. The van der Waals surface area contributed by atoms with Crippen molar-refractivity contribution >= 4 is 34.9 Å². The van der Waals surface area contributed by atoms with Gasteiger partial charge in [-0.2, -0.15) is 0 Å². The quantitative estimate of drug-likeness (QED) is 0.707. The first kappa shape index (κ1) is 20.8. The van der Waals surface area contributed by atoms with Crippen molar-refractivity contribution in [2.45, 2.75) is 6.92 Å². The highest BCUT2D eigenvalue weighted by molar-refractivity contribution is 6.30. The normalized spacial score (nSPS) is 18.0. The highest BCUT2D eigenvalue weighted by atomic mass is 35.5. The van der Waals surface area contributed by atoms with Crippen LogP contribution in [0, 0.1) is 6.92 Å². The number of benzene rings is 2. The first-order valence-corrected chi connectivity index (χ1v) is 11.1. The van der Waals surface area contributed by atoms with Crippen molar-refractivity contribution < 1.29 is 19.1 Å². The van der Waals surface area contributed by atoms with E-state index in [0.717, 1.165) is 24.5 Å². The molecule has 0 spiro atoms. The zero-order valence-electron chi connectivity index (χ0n) is 17.9. The summed E-state index contributed by atoms with van der Waals surface area (Å²) < 4.78 is 10.7. The minimum absolute atomic E-state index is 0.0200. The lowest BCUT2D eigenvalue weighted by Crippen LogP contribution is -2.51. The number of fused-ring (bicyclic) bond motifs is 1. The predicted octanol–water partition coefficient (Wildman–Crippen LogP) is 2.97. The zero-order chi connectivity index (χ0) is 22.2. The van der Waals surface area contributed by atoms with Gasteiger partial charge in [-0.25, -0.2) is 4.79 Å². The summed E-state index contributed by atoms with van der Waals surface area (Å²) in [4.78, 5) is 33.2. The number of nitrogens with zero attached hydrogens (tertiary/aromatic N) is 4. The van der Waals surface area contributed by atoms with Crippen molar-refractivity contribution in [2.75, 3.05) is 62.4 Å². The van der Waals surface area contributed by atoms with E-state index in [2.05, 4.69) is 11.8 Å². The highest BCUT2D eigenvalue weighted by Crippen LogP contribution is 2.36. The molecule has 3 aliphatic heterocycles. The van der Waals surface area contributed by atoms with Crippen LogP contribution in [0.15, 0.2) is 36.4 Å². The molecule has 3 amide bonds. The molecule has 5 rings (SSSR count). The standard InChI is InChI=1S/C23H25ClN4O4/c1-16-2-3-17(24)12-19(16)25-6-8-26(9-7-25)22(29)14-27-10-11-28(23(27)30)18-4-5-20-21(13-18)32-15-31-20/h2-5,12-13H,6-11,14-15H2,1H3. The van der Waals surface area contributed by atoms with Gasteiger partial charge < -0.3 is 24.2 Å². The number of amides is 3. The average molecular weight is 457 g/mol. The Labute approximate surface area is 191 Å². The van der Waals surface area contributed by atoms with Crippen molar-refractivity contribution in [2.24, 2.45) is 0 Å². The Morgan fingerprint density at radius 2 is 1.75 bits per heavy atom. The third-order valence-corrected chi connectivity index (χ3v) is 6.47. The van der Waals surface area contributed by atoms with Gasteiger partial charge in [0.1, 0.15) is 6.54 Å². The fourth-order valence-corrected chi connectivity index (χ4v) is 4.57. The fourth-order valence-electron chi connectivity index (χ4n) is 4.41. The summed E-state index contributed by atoms with van der Waals surface area (Å²) in [7, 11) is 0. The van der Waals surface area contributed by atoms with Crippen molar-refractivity contribution in [1.29, 1.82) is 0 Å². The van der Waals surface area contributed by atoms with Crippen LogP contribution in [0.3, 0.4) is 0 Å². The molecule has 8 nitrogen and oxygen atoms in total. The second-order valence-electron chi connectivity index (χ2n) is 8.19. The molecule has 3 aliphatic rings. The SMILES string of the molecule is Cc1ccc(Cl)cc1N1CCN(C(=O)CN2CCN(c3ccc4c(c3)OCO4)C2=O)CC1. The number of ether oxygens (including phenoxy) is 2. The van der Waals surface area contributed by atoms with Crippen LogP contribution < -0.4 is 19.3 Å². The number of rotatable bonds is 4. The lowest BCUT2D eigenvalue weighted by atomic mass is 10.1. The first-order valence-electron chi connectivity index (χ1n) is 10.7. The fraction of sp³-hybridized carbons (Fsp3) is 0.391. The van der Waals surface area contributed by atoms with E-state index >= 15 is 0 Å². The number of carbonyl (C=O) groups excluding carboxylic acids is 2. The first-order chi connectivity index (χ1) is 15.5. The molecule has 0 bridgehead atoms. The molecule has 0 N–H and O–H groups in total. The number of aryl methyl sites for hydroxylation is 1. The van der Waals surface area contributed by atoms with Crippen LogP contribution in [0.5, 0.6) is 11.5 Å². The summed E-state index contributed by atoms with van der Waals surface area (Å²) in [6, 6.07) is 11.2. The van der Waals surface area contributed by atoms with Gasteiger partial charge in [-0.3, -0.25) is 9.69 Å². The maximum absolute atomic E-state index is 12.9. The summed E-state index contributed by atoms with van der Waals surface area (Å²) in [5.74, 6) is 1.30. The van der Waals surface area contributed by atoms with Crippen molar-refractivity contribution in [1.82, 2.24) is 9.80 Å². The van der Waals surface area contributed by atoms with E-state index < -0.39 is 0 Å². The predicted molar refractivity (Wildman–Crippen MR) is 122 cm³/mol. The molecule has 9 heteroatoms. The lowest BCUT2D eigenvalue weighted by Gasteiger charge is -2.37. The molecule has 2 fully saturated rings. The molecule has 2 aromatic rings. The van der Waals surface area contributed by atoms with Crippen LogP contribution in [0.2, 0.25) is 5.02 Å². The van der Waals surface area contributed by atoms with E-state index in [1.54, 1.807) is 15.9 Å². The molecule has 2 saturated heterocycles. The molecule has 168 valence electrons. The number of urea groups is 1. The van der Waals surface area contributed by atoms with Crippen LogP contribution in [0.25, 0.3) is 0 Å². The van der Waals surface area contributed by atoms with Crippen molar-refractivity contribution in [3.8, 4) is 11.5 Å². The topological polar surface area (TPSA) is 65.6 Å². The van der Waals surface area contributed by atoms with Gasteiger partial charge in [-0.1, -0.05) is 17.7 Å². The van der Waals surface area contributed by atoms with Crippen LogP contribution >= 0.6 is 11.6 Å². The van der Waals surface area contributed by atoms with E-state index in [-0.39, 0.29) is 25.3 Å². The molecular weight excluding hydrogens is 432 g/mol. The Kier molecular flexibility index (Phi) is 5.46. The Morgan fingerprint density at radius 3 is 2.56 bits per heavy atom. The summed E-state index contributed by atoms with van der Waals surface area (Å²) in [6.07, 6.45) is 0. The van der Waals surface area contributed by atoms with Gasteiger partial charge in [0.25, 0.3) is 0 Å². The number of hydrogen-bond acceptors (Lipinski definition) is 5. The number of anilines is 2. The zero-order valence-corrected chi connectivity index (χ0v) is 18.7. The molecule has 32 heavy (non-hydrogen) atoms. The molecule has 0 aliphatic carbocycles. The van der Waals surface area contributed by atoms with Gasteiger partial charge in [-0.05, 0) is 36.8 Å². The van der Waals surface area contributed by atoms with Gasteiger partial charge in [0.05, 0.1) is 0 Å². The van der Waals surface area contributed by atoms with Crippen molar-refractivity contribution in [3.05, 3.63) is 47.0 Å². The van der Waals surface area contributed by atoms with Crippen molar-refractivity contribution in [3.63, 3.8) is 0 Å². The molecule has 0 saturated carbocycles. The van der Waals surface area contributed by atoms with E-state index in [1.807, 2.05) is 35.2 Å². The highest BCUT2D eigenvalue weighted by Gasteiger charge is 2.33. The van der Waals surface area contributed by atoms with Crippen LogP contribution in [0.1, 0.15) is 5.56 Å². The van der Waals surface area contributed by atoms with Crippen LogP contribution in [-0.2, 0) is 4.79 Å². The Bertz CT molecular complexity index is 1050. The summed E-state index contributed by atoms with van der Waals surface area (Å²) in [5, 5.41) is 0.712. The molecule has 0 atom stereocenters. The molecule has 3 heterocycles. The Hall–Kier alpha value is -3.13.